The lowest BCUT2D eigenvalue weighted by Crippen LogP contribution is -2.43. The molecule has 3 amide bonds. The third kappa shape index (κ3) is 3.96. The van der Waals surface area contributed by atoms with E-state index >= 15 is 0 Å². The minimum Gasteiger partial charge on any atom is -0.329 e. The van der Waals surface area contributed by atoms with Crippen molar-refractivity contribution in [1.29, 1.82) is 0 Å². The van der Waals surface area contributed by atoms with E-state index in [2.05, 4.69) is 16.0 Å². The third-order valence-electron chi connectivity index (χ3n) is 4.25. The molecule has 2 aromatic rings. The van der Waals surface area contributed by atoms with E-state index in [9.17, 15) is 14.0 Å². The molecule has 0 saturated carbocycles. The minimum atomic E-state index is -0.653. The van der Waals surface area contributed by atoms with Crippen LogP contribution in [-0.2, 0) is 16.8 Å². The number of aryl methyl sites for hydroxylation is 1. The van der Waals surface area contributed by atoms with Crippen molar-refractivity contribution < 1.29 is 14.0 Å². The van der Waals surface area contributed by atoms with Gasteiger partial charge >= 0.3 is 6.03 Å². The van der Waals surface area contributed by atoms with Gasteiger partial charge in [-0.2, -0.15) is 0 Å². The van der Waals surface area contributed by atoms with Gasteiger partial charge in [0, 0.05) is 17.8 Å². The molecule has 1 aliphatic rings. The number of hydrogen-bond donors (Lipinski definition) is 3. The number of carbonyl (C=O) groups is 2. The zero-order valence-electron chi connectivity index (χ0n) is 14.2. The van der Waals surface area contributed by atoms with Crippen LogP contribution >= 0.6 is 0 Å². The highest BCUT2D eigenvalue weighted by Gasteiger charge is 2.23. The first-order chi connectivity index (χ1) is 11.8. The quantitative estimate of drug-likeness (QED) is 0.795. The van der Waals surface area contributed by atoms with Crippen molar-refractivity contribution in [2.75, 3.05) is 10.6 Å². The van der Waals surface area contributed by atoms with Crippen LogP contribution in [0.2, 0.25) is 0 Å². The monoisotopic (exact) mass is 341 g/mol. The Morgan fingerprint density at radius 2 is 1.84 bits per heavy atom. The number of fused-ring (bicyclic) bond motifs is 1. The van der Waals surface area contributed by atoms with Crippen LogP contribution in [0.25, 0.3) is 0 Å². The van der Waals surface area contributed by atoms with E-state index in [-0.39, 0.29) is 17.8 Å². The first kappa shape index (κ1) is 17.0. The van der Waals surface area contributed by atoms with Crippen LogP contribution in [0.4, 0.5) is 20.6 Å². The summed E-state index contributed by atoms with van der Waals surface area (Å²) in [6.45, 7) is 3.70. The maximum atomic E-state index is 13.1. The number of halogens is 1. The Balaban J connectivity index is 1.68. The fourth-order valence-corrected chi connectivity index (χ4v) is 2.85. The van der Waals surface area contributed by atoms with Crippen LogP contribution in [0, 0.1) is 5.82 Å². The highest BCUT2D eigenvalue weighted by molar-refractivity contribution is 5.95. The zero-order valence-corrected chi connectivity index (χ0v) is 14.2. The Morgan fingerprint density at radius 3 is 2.56 bits per heavy atom. The molecule has 0 unspecified atom stereocenters. The average Bonchev–Trinajstić information content (AvgIpc) is 2.55. The second-order valence-corrected chi connectivity index (χ2v) is 6.63. The Labute approximate surface area is 145 Å². The number of hydrogen-bond acceptors (Lipinski definition) is 2. The van der Waals surface area contributed by atoms with Gasteiger partial charge in [0.25, 0.3) is 0 Å². The number of nitrogens with one attached hydrogen (secondary N) is 3. The topological polar surface area (TPSA) is 70.2 Å². The Kier molecular flexibility index (Phi) is 4.44. The van der Waals surface area contributed by atoms with E-state index in [1.807, 2.05) is 19.9 Å². The molecule has 0 radical (unpaired) electrons. The van der Waals surface area contributed by atoms with Crippen LogP contribution in [0.5, 0.6) is 0 Å². The van der Waals surface area contributed by atoms with E-state index in [4.69, 9.17) is 0 Å². The van der Waals surface area contributed by atoms with Crippen LogP contribution in [0.15, 0.2) is 42.5 Å². The van der Waals surface area contributed by atoms with E-state index in [1.165, 1.54) is 12.1 Å². The fourth-order valence-electron chi connectivity index (χ4n) is 2.85. The largest absolute Gasteiger partial charge is 0.329 e. The third-order valence-corrected chi connectivity index (χ3v) is 4.25. The summed E-state index contributed by atoms with van der Waals surface area (Å²) < 4.78 is 13.1. The molecule has 3 rings (SSSR count). The molecule has 3 N–H and O–H groups in total. The van der Waals surface area contributed by atoms with Crippen molar-refractivity contribution in [1.82, 2.24) is 5.32 Å². The molecule has 0 saturated heterocycles. The van der Waals surface area contributed by atoms with Crippen LogP contribution in [-0.4, -0.2) is 11.9 Å². The number of amides is 3. The maximum absolute atomic E-state index is 13.1. The van der Waals surface area contributed by atoms with Gasteiger partial charge in [-0.1, -0.05) is 12.1 Å². The average molecular weight is 341 g/mol. The maximum Gasteiger partial charge on any atom is 0.319 e. The normalized spacial score (nSPS) is 13.6. The second kappa shape index (κ2) is 6.55. The van der Waals surface area contributed by atoms with Crippen LogP contribution < -0.4 is 16.0 Å². The zero-order chi connectivity index (χ0) is 18.0. The molecule has 1 heterocycles. The number of benzene rings is 2. The molecule has 6 heteroatoms. The van der Waals surface area contributed by atoms with E-state index < -0.39 is 5.54 Å². The summed E-state index contributed by atoms with van der Waals surface area (Å²) in [5.74, 6) is -0.308. The molecular weight excluding hydrogens is 321 g/mol. The highest BCUT2D eigenvalue weighted by atomic mass is 19.1. The number of carbonyl (C=O) groups excluding carboxylic acids is 2. The summed E-state index contributed by atoms with van der Waals surface area (Å²) in [7, 11) is 0. The van der Waals surface area contributed by atoms with Gasteiger partial charge in [-0.15, -0.1) is 0 Å². The van der Waals surface area contributed by atoms with Gasteiger partial charge in [-0.3, -0.25) is 4.79 Å². The van der Waals surface area contributed by atoms with Gasteiger partial charge in [-0.05, 0) is 61.7 Å². The molecule has 0 aromatic heterocycles. The smallest absolute Gasteiger partial charge is 0.319 e. The fraction of sp³-hybridized carbons (Fsp3) is 0.263. The molecule has 1 aliphatic heterocycles. The van der Waals surface area contributed by atoms with Crippen molar-refractivity contribution in [3.05, 3.63) is 59.4 Å². The van der Waals surface area contributed by atoms with Gasteiger partial charge in [0.1, 0.15) is 5.82 Å². The molecule has 25 heavy (non-hydrogen) atoms. The first-order valence-electron chi connectivity index (χ1n) is 8.11. The van der Waals surface area contributed by atoms with Gasteiger partial charge in [0.05, 0.1) is 5.54 Å². The van der Waals surface area contributed by atoms with Crippen molar-refractivity contribution in [3.63, 3.8) is 0 Å². The van der Waals surface area contributed by atoms with Crippen molar-refractivity contribution in [3.8, 4) is 0 Å². The molecule has 2 aromatic carbocycles. The molecule has 0 fully saturated rings. The summed E-state index contributed by atoms with van der Waals surface area (Å²) in [4.78, 5) is 23.7. The van der Waals surface area contributed by atoms with Crippen LogP contribution in [0.3, 0.4) is 0 Å². The number of anilines is 2. The Hall–Kier alpha value is -2.89. The summed E-state index contributed by atoms with van der Waals surface area (Å²) in [6, 6.07) is 11.1. The minimum absolute atomic E-state index is 0.00648. The van der Waals surface area contributed by atoms with Gasteiger partial charge in [0.2, 0.25) is 5.91 Å². The predicted molar refractivity (Wildman–Crippen MR) is 95.0 cm³/mol. The van der Waals surface area contributed by atoms with Crippen LogP contribution in [0.1, 0.15) is 31.4 Å². The SMILES string of the molecule is CC(C)(NC(=O)Nc1ccc2c(c1)CCC(=O)N2)c1ccc(F)cc1. The highest BCUT2D eigenvalue weighted by Crippen LogP contribution is 2.26. The molecule has 130 valence electrons. The summed E-state index contributed by atoms with van der Waals surface area (Å²) in [6.07, 6.45) is 1.10. The molecule has 5 nitrogen and oxygen atoms in total. The van der Waals surface area contributed by atoms with Crippen molar-refractivity contribution in [2.24, 2.45) is 0 Å². The lowest BCUT2D eigenvalue weighted by molar-refractivity contribution is -0.116. The molecule has 0 atom stereocenters. The Morgan fingerprint density at radius 1 is 1.12 bits per heavy atom. The van der Waals surface area contributed by atoms with E-state index in [1.54, 1.807) is 24.3 Å². The number of urea groups is 1. The second-order valence-electron chi connectivity index (χ2n) is 6.63. The molecule has 0 spiro atoms. The Bertz CT molecular complexity index is 816. The number of rotatable bonds is 3. The molecular formula is C19H20FN3O2. The lowest BCUT2D eigenvalue weighted by Gasteiger charge is -2.27. The predicted octanol–water partition coefficient (Wildman–Crippen LogP) is 3.77. The standard InChI is InChI=1S/C19H20FN3O2/c1-19(2,13-4-6-14(20)7-5-13)23-18(25)21-15-8-9-16-12(11-15)3-10-17(24)22-16/h4-9,11H,3,10H2,1-2H3,(H,22,24)(H2,21,23,25). The summed E-state index contributed by atoms with van der Waals surface area (Å²) >= 11 is 0. The van der Waals surface area contributed by atoms with Gasteiger partial charge < -0.3 is 16.0 Å². The van der Waals surface area contributed by atoms with E-state index in [0.717, 1.165) is 16.8 Å². The van der Waals surface area contributed by atoms with E-state index in [0.29, 0.717) is 18.5 Å². The van der Waals surface area contributed by atoms with Gasteiger partial charge in [0.15, 0.2) is 0 Å². The first-order valence-corrected chi connectivity index (χ1v) is 8.11. The molecule has 0 bridgehead atoms. The molecule has 0 aliphatic carbocycles. The van der Waals surface area contributed by atoms with Crippen molar-refractivity contribution >= 4 is 23.3 Å². The summed E-state index contributed by atoms with van der Waals surface area (Å²) in [5.41, 5.74) is 2.59. The van der Waals surface area contributed by atoms with Gasteiger partial charge in [-0.25, -0.2) is 9.18 Å². The summed E-state index contributed by atoms with van der Waals surface area (Å²) in [5, 5.41) is 8.50. The lowest BCUT2D eigenvalue weighted by atomic mass is 9.94. The van der Waals surface area contributed by atoms with Crippen molar-refractivity contribution in [2.45, 2.75) is 32.2 Å².